The lowest BCUT2D eigenvalue weighted by Crippen LogP contribution is -2.08. The van der Waals surface area contributed by atoms with E-state index >= 15 is 0 Å². The Balaban J connectivity index is 2.41. The molecule has 2 rings (SSSR count). The molecule has 0 radical (unpaired) electrons. The molecule has 0 aliphatic rings. The summed E-state index contributed by atoms with van der Waals surface area (Å²) in [5.41, 5.74) is 5.03. The molecule has 0 aliphatic carbocycles. The van der Waals surface area contributed by atoms with Gasteiger partial charge in [0.2, 0.25) is 5.91 Å². The van der Waals surface area contributed by atoms with Crippen LogP contribution in [0.1, 0.15) is 25.1 Å². The number of nitrogens with one attached hydrogen (secondary N) is 1. The van der Waals surface area contributed by atoms with Gasteiger partial charge in [0.15, 0.2) is 0 Å². The average molecular weight is 254 g/mol. The molecule has 1 amide bonds. The summed E-state index contributed by atoms with van der Waals surface area (Å²) in [7, 11) is 0. The fraction of sp³-hybridized carbons (Fsp3) is 0.250. The molecule has 3 heteroatoms. The molecule has 0 unspecified atom stereocenters. The maximum Gasteiger partial charge on any atom is 0.221 e. The SMILES string of the molecule is CCc1cccc(-c2cnc(C)c(NC(C)=O)c2)c1. The minimum atomic E-state index is -0.0793. The van der Waals surface area contributed by atoms with Gasteiger partial charge in [-0.05, 0) is 30.5 Å². The summed E-state index contributed by atoms with van der Waals surface area (Å²) in [6.07, 6.45) is 2.85. The second-order valence-corrected chi connectivity index (χ2v) is 4.59. The monoisotopic (exact) mass is 254 g/mol. The first kappa shape index (κ1) is 13.3. The van der Waals surface area contributed by atoms with Gasteiger partial charge in [-0.2, -0.15) is 0 Å². The summed E-state index contributed by atoms with van der Waals surface area (Å²) in [5, 5.41) is 2.81. The van der Waals surface area contributed by atoms with Crippen LogP contribution in [0.5, 0.6) is 0 Å². The van der Waals surface area contributed by atoms with Gasteiger partial charge in [0.25, 0.3) is 0 Å². The number of pyridine rings is 1. The molecule has 0 atom stereocenters. The van der Waals surface area contributed by atoms with Crippen LogP contribution >= 0.6 is 0 Å². The summed E-state index contributed by atoms with van der Waals surface area (Å²) in [5.74, 6) is -0.0793. The van der Waals surface area contributed by atoms with Crippen molar-refractivity contribution in [1.82, 2.24) is 4.98 Å². The van der Waals surface area contributed by atoms with Gasteiger partial charge in [-0.3, -0.25) is 9.78 Å². The van der Waals surface area contributed by atoms with Gasteiger partial charge in [0.05, 0.1) is 11.4 Å². The number of benzene rings is 1. The Morgan fingerprint density at radius 3 is 2.74 bits per heavy atom. The highest BCUT2D eigenvalue weighted by molar-refractivity contribution is 5.90. The van der Waals surface area contributed by atoms with Crippen LogP contribution in [0, 0.1) is 6.92 Å². The van der Waals surface area contributed by atoms with E-state index < -0.39 is 0 Å². The van der Waals surface area contributed by atoms with Gasteiger partial charge in [-0.25, -0.2) is 0 Å². The summed E-state index contributed by atoms with van der Waals surface area (Å²) < 4.78 is 0. The van der Waals surface area contributed by atoms with Gasteiger partial charge in [-0.1, -0.05) is 31.2 Å². The third kappa shape index (κ3) is 3.19. The summed E-state index contributed by atoms with van der Waals surface area (Å²) in [4.78, 5) is 15.5. The van der Waals surface area contributed by atoms with Gasteiger partial charge in [-0.15, -0.1) is 0 Å². The van der Waals surface area contributed by atoms with Crippen LogP contribution < -0.4 is 5.32 Å². The van der Waals surface area contributed by atoms with Gasteiger partial charge in [0, 0.05) is 18.7 Å². The Morgan fingerprint density at radius 2 is 2.05 bits per heavy atom. The molecule has 1 heterocycles. The molecule has 2 aromatic rings. The fourth-order valence-corrected chi connectivity index (χ4v) is 1.98. The van der Waals surface area contributed by atoms with Crippen LogP contribution in [0.25, 0.3) is 11.1 Å². The van der Waals surface area contributed by atoms with Gasteiger partial charge >= 0.3 is 0 Å². The Bertz CT molecular complexity index is 605. The van der Waals surface area contributed by atoms with E-state index in [0.717, 1.165) is 28.9 Å². The average Bonchev–Trinajstić information content (AvgIpc) is 2.41. The van der Waals surface area contributed by atoms with Crippen molar-refractivity contribution in [3.8, 4) is 11.1 Å². The van der Waals surface area contributed by atoms with E-state index in [0.29, 0.717) is 0 Å². The van der Waals surface area contributed by atoms with Crippen molar-refractivity contribution < 1.29 is 4.79 Å². The Hall–Kier alpha value is -2.16. The molecule has 1 aromatic heterocycles. The smallest absolute Gasteiger partial charge is 0.221 e. The Kier molecular flexibility index (Phi) is 3.95. The first-order valence-corrected chi connectivity index (χ1v) is 6.43. The van der Waals surface area contributed by atoms with E-state index in [-0.39, 0.29) is 5.91 Å². The summed E-state index contributed by atoms with van der Waals surface area (Å²) in [6.45, 7) is 5.52. The predicted molar refractivity (Wildman–Crippen MR) is 78.1 cm³/mol. The molecule has 3 nitrogen and oxygen atoms in total. The topological polar surface area (TPSA) is 42.0 Å². The normalized spacial score (nSPS) is 10.3. The molecule has 0 spiro atoms. The largest absolute Gasteiger partial charge is 0.325 e. The fourth-order valence-electron chi connectivity index (χ4n) is 1.98. The Morgan fingerprint density at radius 1 is 1.26 bits per heavy atom. The van der Waals surface area contributed by atoms with Crippen molar-refractivity contribution in [2.45, 2.75) is 27.2 Å². The molecule has 1 aromatic carbocycles. The molecule has 0 bridgehead atoms. The van der Waals surface area contributed by atoms with Crippen molar-refractivity contribution in [2.75, 3.05) is 5.32 Å². The number of hydrogen-bond donors (Lipinski definition) is 1. The number of carbonyl (C=O) groups excluding carboxylic acids is 1. The quantitative estimate of drug-likeness (QED) is 0.909. The summed E-state index contributed by atoms with van der Waals surface area (Å²) >= 11 is 0. The molecular formula is C16H18N2O. The molecule has 1 N–H and O–H groups in total. The maximum absolute atomic E-state index is 11.2. The van der Waals surface area contributed by atoms with Crippen LogP contribution in [-0.4, -0.2) is 10.9 Å². The van der Waals surface area contributed by atoms with E-state index in [4.69, 9.17) is 0 Å². The first-order chi connectivity index (χ1) is 9.10. The number of hydrogen-bond acceptors (Lipinski definition) is 2. The Labute approximate surface area is 113 Å². The van der Waals surface area contributed by atoms with Crippen LogP contribution in [0.15, 0.2) is 36.5 Å². The third-order valence-electron chi connectivity index (χ3n) is 3.07. The van der Waals surface area contributed by atoms with Crippen LogP contribution in [-0.2, 0) is 11.2 Å². The van der Waals surface area contributed by atoms with Gasteiger partial charge in [0.1, 0.15) is 0 Å². The van der Waals surface area contributed by atoms with E-state index in [2.05, 4.69) is 35.4 Å². The zero-order valence-electron chi connectivity index (χ0n) is 11.5. The van der Waals surface area contributed by atoms with E-state index in [9.17, 15) is 4.79 Å². The van der Waals surface area contributed by atoms with Gasteiger partial charge < -0.3 is 5.32 Å². The lowest BCUT2D eigenvalue weighted by Gasteiger charge is -2.09. The molecule has 0 fully saturated rings. The highest BCUT2D eigenvalue weighted by Crippen LogP contribution is 2.24. The molecule has 0 aliphatic heterocycles. The predicted octanol–water partition coefficient (Wildman–Crippen LogP) is 3.58. The van der Waals surface area contributed by atoms with E-state index in [1.165, 1.54) is 12.5 Å². The molecule has 0 saturated carbocycles. The molecular weight excluding hydrogens is 236 g/mol. The standard InChI is InChI=1S/C16H18N2O/c1-4-13-6-5-7-14(8-13)15-9-16(18-12(3)19)11(2)17-10-15/h5-10H,4H2,1-3H3,(H,18,19). The lowest BCUT2D eigenvalue weighted by atomic mass is 10.0. The van der Waals surface area contributed by atoms with E-state index in [1.807, 2.05) is 25.3 Å². The van der Waals surface area contributed by atoms with Crippen molar-refractivity contribution in [1.29, 1.82) is 0 Å². The van der Waals surface area contributed by atoms with Crippen LogP contribution in [0.4, 0.5) is 5.69 Å². The number of anilines is 1. The minimum Gasteiger partial charge on any atom is -0.325 e. The minimum absolute atomic E-state index is 0.0793. The zero-order valence-corrected chi connectivity index (χ0v) is 11.5. The molecule has 98 valence electrons. The van der Waals surface area contributed by atoms with E-state index in [1.54, 1.807) is 0 Å². The molecule has 0 saturated heterocycles. The molecule has 19 heavy (non-hydrogen) atoms. The van der Waals surface area contributed by atoms with Crippen LogP contribution in [0.3, 0.4) is 0 Å². The summed E-state index contributed by atoms with van der Waals surface area (Å²) in [6, 6.07) is 10.3. The highest BCUT2D eigenvalue weighted by Gasteiger charge is 2.05. The number of aromatic nitrogens is 1. The highest BCUT2D eigenvalue weighted by atomic mass is 16.1. The number of nitrogens with zero attached hydrogens (tertiary/aromatic N) is 1. The second kappa shape index (κ2) is 5.65. The number of rotatable bonds is 3. The lowest BCUT2D eigenvalue weighted by molar-refractivity contribution is -0.114. The maximum atomic E-state index is 11.2. The van der Waals surface area contributed by atoms with Crippen molar-refractivity contribution in [3.05, 3.63) is 47.8 Å². The van der Waals surface area contributed by atoms with Crippen molar-refractivity contribution >= 4 is 11.6 Å². The second-order valence-electron chi connectivity index (χ2n) is 4.59. The van der Waals surface area contributed by atoms with Crippen LogP contribution in [0.2, 0.25) is 0 Å². The van der Waals surface area contributed by atoms with Crippen molar-refractivity contribution in [3.63, 3.8) is 0 Å². The zero-order chi connectivity index (χ0) is 13.8. The first-order valence-electron chi connectivity index (χ1n) is 6.43. The number of carbonyl (C=O) groups is 1. The number of amides is 1. The number of aryl methyl sites for hydroxylation is 2. The third-order valence-corrected chi connectivity index (χ3v) is 3.07. The van der Waals surface area contributed by atoms with Crippen molar-refractivity contribution in [2.24, 2.45) is 0 Å².